The van der Waals surface area contributed by atoms with Crippen LogP contribution >= 0.6 is 11.6 Å². The Bertz CT molecular complexity index is 372. The Kier molecular flexibility index (Phi) is 5.35. The van der Waals surface area contributed by atoms with Crippen molar-refractivity contribution in [3.8, 4) is 0 Å². The Hall–Kier alpha value is -1.00. The molecule has 0 aromatic carbocycles. The molecule has 2 heterocycles. The van der Waals surface area contributed by atoms with Gasteiger partial charge in [0.15, 0.2) is 10.6 Å². The van der Waals surface area contributed by atoms with E-state index >= 15 is 0 Å². The topological polar surface area (TPSA) is 42.7 Å². The molecule has 90 valence electrons. The van der Waals surface area contributed by atoms with Gasteiger partial charge in [-0.25, -0.2) is 0 Å². The minimum absolute atomic E-state index is 0.124. The quantitative estimate of drug-likeness (QED) is 0.761. The number of ether oxygens (including phenoxy) is 1. The summed E-state index contributed by atoms with van der Waals surface area (Å²) in [4.78, 5) is 13.1. The van der Waals surface area contributed by atoms with Crippen LogP contribution in [-0.4, -0.2) is 26.3 Å². The molecule has 1 saturated heterocycles. The smallest absolute Gasteiger partial charge is 0.201 e. The predicted molar refractivity (Wildman–Crippen MR) is 64.4 cm³/mol. The summed E-state index contributed by atoms with van der Waals surface area (Å²) in [5.41, 5.74) is -0.136. The molecule has 0 spiro atoms. The zero-order valence-electron chi connectivity index (χ0n) is 9.53. The summed E-state index contributed by atoms with van der Waals surface area (Å²) in [5.74, 6) is 0.519. The van der Waals surface area contributed by atoms with Crippen molar-refractivity contribution in [2.45, 2.75) is 13.8 Å². The second kappa shape index (κ2) is 6.55. The maximum absolute atomic E-state index is 11.2. The van der Waals surface area contributed by atoms with E-state index in [1.165, 1.54) is 12.1 Å². The van der Waals surface area contributed by atoms with Crippen LogP contribution in [-0.2, 0) is 4.74 Å². The fraction of sp³-hybridized carbons (Fsp3) is 0.545. The molecule has 1 fully saturated rings. The second-order valence-corrected chi connectivity index (χ2v) is 3.41. The first-order valence-electron chi connectivity index (χ1n) is 5.39. The Morgan fingerprint density at radius 3 is 2.44 bits per heavy atom. The summed E-state index contributed by atoms with van der Waals surface area (Å²) < 4.78 is 10.4. The van der Waals surface area contributed by atoms with Crippen molar-refractivity contribution < 1.29 is 9.15 Å². The van der Waals surface area contributed by atoms with Crippen LogP contribution in [0, 0.1) is 0 Å². The molecule has 1 aliphatic heterocycles. The minimum Gasteiger partial charge on any atom is -0.429 e. The number of hydrogen-bond acceptors (Lipinski definition) is 4. The maximum Gasteiger partial charge on any atom is 0.201 e. The van der Waals surface area contributed by atoms with Crippen molar-refractivity contribution in [2.24, 2.45) is 0 Å². The molecule has 0 saturated carbocycles. The number of hydrogen-bond donors (Lipinski definition) is 0. The first-order chi connectivity index (χ1) is 7.75. The van der Waals surface area contributed by atoms with E-state index in [4.69, 9.17) is 20.8 Å². The van der Waals surface area contributed by atoms with Crippen molar-refractivity contribution in [2.75, 3.05) is 31.2 Å². The van der Waals surface area contributed by atoms with E-state index in [1.54, 1.807) is 0 Å². The van der Waals surface area contributed by atoms with Gasteiger partial charge in [0, 0.05) is 25.2 Å². The largest absolute Gasteiger partial charge is 0.429 e. The molecule has 0 radical (unpaired) electrons. The average Bonchev–Trinajstić information content (AvgIpc) is 2.32. The van der Waals surface area contributed by atoms with Crippen molar-refractivity contribution in [1.29, 1.82) is 0 Å². The van der Waals surface area contributed by atoms with Gasteiger partial charge >= 0.3 is 0 Å². The molecule has 0 aliphatic carbocycles. The SMILES string of the molecule is CC.O=c1cc(Cl)oc(N2CCOCC2)c1. The molecule has 16 heavy (non-hydrogen) atoms. The predicted octanol–water partition coefficient (Wildman–Crippen LogP) is 2.16. The highest BCUT2D eigenvalue weighted by Crippen LogP contribution is 2.17. The van der Waals surface area contributed by atoms with Gasteiger partial charge in [-0.05, 0) is 11.6 Å². The summed E-state index contributed by atoms with van der Waals surface area (Å²) in [6.45, 7) is 6.75. The lowest BCUT2D eigenvalue weighted by Gasteiger charge is -2.26. The van der Waals surface area contributed by atoms with E-state index in [0.29, 0.717) is 19.1 Å². The third-order valence-corrected chi connectivity index (χ3v) is 2.23. The van der Waals surface area contributed by atoms with Gasteiger partial charge in [-0.1, -0.05) is 13.8 Å². The molecular formula is C11H16ClNO3. The van der Waals surface area contributed by atoms with Crippen LogP contribution in [0.4, 0.5) is 5.88 Å². The lowest BCUT2D eigenvalue weighted by Crippen LogP contribution is -2.36. The lowest BCUT2D eigenvalue weighted by molar-refractivity contribution is 0.120. The van der Waals surface area contributed by atoms with E-state index in [-0.39, 0.29) is 10.6 Å². The average molecular weight is 246 g/mol. The highest BCUT2D eigenvalue weighted by atomic mass is 35.5. The van der Waals surface area contributed by atoms with Crippen LogP contribution < -0.4 is 10.3 Å². The molecule has 0 unspecified atom stereocenters. The van der Waals surface area contributed by atoms with Crippen LogP contribution in [0.15, 0.2) is 21.3 Å². The van der Waals surface area contributed by atoms with E-state index in [9.17, 15) is 4.79 Å². The van der Waals surface area contributed by atoms with Crippen molar-refractivity contribution in [3.05, 3.63) is 27.6 Å². The molecule has 4 nitrogen and oxygen atoms in total. The van der Waals surface area contributed by atoms with Gasteiger partial charge < -0.3 is 14.1 Å². The first-order valence-corrected chi connectivity index (χ1v) is 5.77. The molecule has 1 aliphatic rings. The Labute approximate surface area is 99.8 Å². The summed E-state index contributed by atoms with van der Waals surface area (Å²) in [5, 5.41) is 0.124. The number of nitrogens with zero attached hydrogens (tertiary/aromatic N) is 1. The Balaban J connectivity index is 0.000000606. The maximum atomic E-state index is 11.2. The van der Waals surface area contributed by atoms with Crippen LogP contribution in [0.1, 0.15) is 13.8 Å². The van der Waals surface area contributed by atoms with Gasteiger partial charge in [-0.15, -0.1) is 0 Å². The van der Waals surface area contributed by atoms with E-state index in [2.05, 4.69) is 0 Å². The number of rotatable bonds is 1. The second-order valence-electron chi connectivity index (χ2n) is 3.03. The van der Waals surface area contributed by atoms with Crippen molar-refractivity contribution >= 4 is 17.5 Å². The molecular weight excluding hydrogens is 230 g/mol. The molecule has 0 N–H and O–H groups in total. The van der Waals surface area contributed by atoms with Crippen LogP contribution in [0.25, 0.3) is 0 Å². The zero-order chi connectivity index (χ0) is 12.0. The third kappa shape index (κ3) is 3.54. The standard InChI is InChI=1S/C9H10ClNO3.C2H6/c10-8-5-7(12)6-9(14-8)11-1-3-13-4-2-11;1-2/h5-6H,1-4H2;1-2H3. The van der Waals surface area contributed by atoms with Crippen LogP contribution in [0.3, 0.4) is 0 Å². The summed E-state index contributed by atoms with van der Waals surface area (Å²) >= 11 is 5.64. The van der Waals surface area contributed by atoms with E-state index in [1.807, 2.05) is 18.7 Å². The molecule has 1 aromatic heterocycles. The fourth-order valence-corrected chi connectivity index (χ4v) is 1.56. The third-order valence-electron chi connectivity index (χ3n) is 2.05. The van der Waals surface area contributed by atoms with Gasteiger partial charge in [0.1, 0.15) is 0 Å². The summed E-state index contributed by atoms with van der Waals surface area (Å²) in [7, 11) is 0. The zero-order valence-corrected chi connectivity index (χ0v) is 10.3. The molecule has 0 bridgehead atoms. The highest BCUT2D eigenvalue weighted by molar-refractivity contribution is 6.28. The normalized spacial score (nSPS) is 15.3. The van der Waals surface area contributed by atoms with Gasteiger partial charge in [0.25, 0.3) is 0 Å². The number of halogens is 1. The van der Waals surface area contributed by atoms with Crippen LogP contribution in [0.2, 0.25) is 5.22 Å². The van der Waals surface area contributed by atoms with Gasteiger partial charge in [0.2, 0.25) is 5.88 Å². The lowest BCUT2D eigenvalue weighted by atomic mass is 10.4. The number of anilines is 1. The van der Waals surface area contributed by atoms with Crippen LogP contribution in [0.5, 0.6) is 0 Å². The summed E-state index contributed by atoms with van der Waals surface area (Å²) in [6.07, 6.45) is 0. The first kappa shape index (κ1) is 13.1. The van der Waals surface area contributed by atoms with Gasteiger partial charge in [-0.2, -0.15) is 0 Å². The van der Waals surface area contributed by atoms with Gasteiger partial charge in [0.05, 0.1) is 13.2 Å². The molecule has 1 aromatic rings. The minimum atomic E-state index is -0.136. The highest BCUT2D eigenvalue weighted by Gasteiger charge is 2.14. The number of morpholine rings is 1. The van der Waals surface area contributed by atoms with Crippen molar-refractivity contribution in [3.63, 3.8) is 0 Å². The van der Waals surface area contributed by atoms with Gasteiger partial charge in [-0.3, -0.25) is 4.79 Å². The molecule has 0 atom stereocenters. The van der Waals surface area contributed by atoms with Crippen molar-refractivity contribution in [1.82, 2.24) is 0 Å². The van der Waals surface area contributed by atoms with E-state index in [0.717, 1.165) is 13.1 Å². The Morgan fingerprint density at radius 2 is 1.88 bits per heavy atom. The Morgan fingerprint density at radius 1 is 1.25 bits per heavy atom. The molecule has 5 heteroatoms. The fourth-order valence-electron chi connectivity index (χ4n) is 1.37. The molecule has 2 rings (SSSR count). The van der Waals surface area contributed by atoms with E-state index < -0.39 is 0 Å². The monoisotopic (exact) mass is 245 g/mol. The molecule has 0 amide bonds. The summed E-state index contributed by atoms with van der Waals surface area (Å²) in [6, 6.07) is 2.70.